The molecule has 0 aliphatic carbocycles. The summed E-state index contributed by atoms with van der Waals surface area (Å²) in [6.45, 7) is 4.37. The maximum absolute atomic E-state index is 12.0. The molecule has 3 N–H and O–H groups in total. The van der Waals surface area contributed by atoms with E-state index >= 15 is 0 Å². The summed E-state index contributed by atoms with van der Waals surface area (Å²) in [6.07, 6.45) is 0.211. The van der Waals surface area contributed by atoms with Gasteiger partial charge in [0.05, 0.1) is 6.10 Å². The third kappa shape index (κ3) is 2.90. The molecule has 1 heterocycles. The van der Waals surface area contributed by atoms with Crippen LogP contribution in [0.15, 0.2) is 0 Å². The zero-order chi connectivity index (χ0) is 9.90. The van der Waals surface area contributed by atoms with Gasteiger partial charge in [0.15, 0.2) is 0 Å². The lowest BCUT2D eigenvalue weighted by molar-refractivity contribution is 0.0953. The highest BCUT2D eigenvalue weighted by Gasteiger charge is 2.32. The van der Waals surface area contributed by atoms with Crippen molar-refractivity contribution in [1.29, 1.82) is 0 Å². The van der Waals surface area contributed by atoms with E-state index in [1.807, 2.05) is 0 Å². The largest absolute Gasteiger partial charge is 0.389 e. The summed E-state index contributed by atoms with van der Waals surface area (Å²) < 4.78 is 12.0. The topological polar surface area (TPSA) is 49.5 Å². The second-order valence-corrected chi connectivity index (χ2v) is 4.31. The number of alkyl halides is 1. The predicted molar refractivity (Wildman–Crippen MR) is 50.2 cm³/mol. The fourth-order valence-corrected chi connectivity index (χ4v) is 1.80. The SMILES string of the molecule is CC1(CN)CCN(CC(O)CF)C1. The molecule has 1 saturated heterocycles. The standard InChI is InChI=1S/C9H19FN2O/c1-9(6-11)2-3-12(7-9)5-8(13)4-10/h8,13H,2-7,11H2,1H3. The Morgan fingerprint density at radius 3 is 2.85 bits per heavy atom. The fraction of sp³-hybridized carbons (Fsp3) is 1.00. The normalized spacial score (nSPS) is 32.3. The van der Waals surface area contributed by atoms with E-state index in [0.717, 1.165) is 19.5 Å². The van der Waals surface area contributed by atoms with Gasteiger partial charge in [0.25, 0.3) is 0 Å². The van der Waals surface area contributed by atoms with E-state index in [1.165, 1.54) is 0 Å². The minimum Gasteiger partial charge on any atom is -0.389 e. The Morgan fingerprint density at radius 1 is 1.69 bits per heavy atom. The molecule has 0 bridgehead atoms. The van der Waals surface area contributed by atoms with Crippen LogP contribution in [0.3, 0.4) is 0 Å². The van der Waals surface area contributed by atoms with Crippen molar-refractivity contribution >= 4 is 0 Å². The molecule has 2 atom stereocenters. The first-order valence-electron chi connectivity index (χ1n) is 4.76. The summed E-state index contributed by atoms with van der Waals surface area (Å²) in [5.74, 6) is 0. The second kappa shape index (κ2) is 4.35. The van der Waals surface area contributed by atoms with Gasteiger partial charge >= 0.3 is 0 Å². The molecule has 0 spiro atoms. The van der Waals surface area contributed by atoms with Gasteiger partial charge in [-0.3, -0.25) is 0 Å². The third-order valence-electron chi connectivity index (χ3n) is 2.78. The predicted octanol–water partition coefficient (Wildman–Crippen LogP) is -0.0125. The highest BCUT2D eigenvalue weighted by molar-refractivity contribution is 4.87. The third-order valence-corrected chi connectivity index (χ3v) is 2.78. The molecule has 3 nitrogen and oxygen atoms in total. The van der Waals surface area contributed by atoms with Crippen molar-refractivity contribution in [2.45, 2.75) is 19.4 Å². The lowest BCUT2D eigenvalue weighted by Crippen LogP contribution is -2.35. The molecule has 13 heavy (non-hydrogen) atoms. The molecule has 1 rings (SSSR count). The summed E-state index contributed by atoms with van der Waals surface area (Å²) in [4.78, 5) is 2.08. The van der Waals surface area contributed by atoms with E-state index in [0.29, 0.717) is 13.1 Å². The van der Waals surface area contributed by atoms with Gasteiger partial charge in [0, 0.05) is 13.1 Å². The van der Waals surface area contributed by atoms with Crippen LogP contribution in [0.25, 0.3) is 0 Å². The number of hydrogen-bond donors (Lipinski definition) is 2. The van der Waals surface area contributed by atoms with E-state index in [4.69, 9.17) is 10.8 Å². The van der Waals surface area contributed by atoms with Crippen molar-refractivity contribution in [3.8, 4) is 0 Å². The lowest BCUT2D eigenvalue weighted by atomic mass is 9.90. The number of rotatable bonds is 4. The molecule has 0 aromatic rings. The summed E-state index contributed by atoms with van der Waals surface area (Å²) in [6, 6.07) is 0. The average Bonchev–Trinajstić information content (AvgIpc) is 2.48. The number of aliphatic hydroxyl groups is 1. The average molecular weight is 190 g/mol. The maximum Gasteiger partial charge on any atom is 0.117 e. The molecule has 1 aliphatic rings. The van der Waals surface area contributed by atoms with Crippen LogP contribution in [0, 0.1) is 5.41 Å². The molecule has 4 heteroatoms. The molecule has 1 fully saturated rings. The van der Waals surface area contributed by atoms with Crippen LogP contribution in [-0.2, 0) is 0 Å². The van der Waals surface area contributed by atoms with Crippen LogP contribution in [0.5, 0.6) is 0 Å². The first kappa shape index (κ1) is 10.9. The van der Waals surface area contributed by atoms with Crippen LogP contribution in [0.4, 0.5) is 4.39 Å². The van der Waals surface area contributed by atoms with Gasteiger partial charge in [0.1, 0.15) is 6.67 Å². The Morgan fingerprint density at radius 2 is 2.38 bits per heavy atom. The van der Waals surface area contributed by atoms with Crippen LogP contribution in [-0.4, -0.2) is 49.0 Å². The molecule has 0 saturated carbocycles. The molecule has 0 radical (unpaired) electrons. The van der Waals surface area contributed by atoms with Crippen molar-refractivity contribution in [2.75, 3.05) is 32.9 Å². The molecular formula is C9H19FN2O. The van der Waals surface area contributed by atoms with Crippen LogP contribution in [0.2, 0.25) is 0 Å². The number of nitrogens with two attached hydrogens (primary N) is 1. The molecule has 78 valence electrons. The van der Waals surface area contributed by atoms with E-state index in [-0.39, 0.29) is 5.41 Å². The molecule has 0 amide bonds. The van der Waals surface area contributed by atoms with Crippen molar-refractivity contribution in [3.63, 3.8) is 0 Å². The van der Waals surface area contributed by atoms with Gasteiger partial charge in [-0.15, -0.1) is 0 Å². The van der Waals surface area contributed by atoms with Gasteiger partial charge in [0.2, 0.25) is 0 Å². The summed E-state index contributed by atoms with van der Waals surface area (Å²) in [7, 11) is 0. The minimum atomic E-state index is -0.833. The summed E-state index contributed by atoms with van der Waals surface area (Å²) in [5.41, 5.74) is 5.79. The van der Waals surface area contributed by atoms with Gasteiger partial charge in [-0.1, -0.05) is 6.92 Å². The van der Waals surface area contributed by atoms with Crippen molar-refractivity contribution in [2.24, 2.45) is 11.1 Å². The smallest absolute Gasteiger partial charge is 0.117 e. The maximum atomic E-state index is 12.0. The monoisotopic (exact) mass is 190 g/mol. The highest BCUT2D eigenvalue weighted by Crippen LogP contribution is 2.28. The first-order chi connectivity index (χ1) is 6.09. The minimum absolute atomic E-state index is 0.163. The van der Waals surface area contributed by atoms with Crippen molar-refractivity contribution in [1.82, 2.24) is 4.90 Å². The van der Waals surface area contributed by atoms with E-state index in [1.54, 1.807) is 0 Å². The van der Waals surface area contributed by atoms with Gasteiger partial charge in [-0.2, -0.15) is 0 Å². The number of likely N-dealkylation sites (tertiary alicyclic amines) is 1. The number of nitrogens with zero attached hydrogens (tertiary/aromatic N) is 1. The van der Waals surface area contributed by atoms with Gasteiger partial charge in [-0.05, 0) is 24.9 Å². The summed E-state index contributed by atoms with van der Waals surface area (Å²) in [5, 5.41) is 9.11. The molecule has 0 aromatic heterocycles. The summed E-state index contributed by atoms with van der Waals surface area (Å²) >= 11 is 0. The van der Waals surface area contributed by atoms with Crippen LogP contribution >= 0.6 is 0 Å². The van der Waals surface area contributed by atoms with Crippen LogP contribution < -0.4 is 5.73 Å². The van der Waals surface area contributed by atoms with Crippen molar-refractivity contribution < 1.29 is 9.50 Å². The zero-order valence-electron chi connectivity index (χ0n) is 8.17. The van der Waals surface area contributed by atoms with Gasteiger partial charge in [-0.25, -0.2) is 4.39 Å². The van der Waals surface area contributed by atoms with Crippen molar-refractivity contribution in [3.05, 3.63) is 0 Å². The fourth-order valence-electron chi connectivity index (χ4n) is 1.80. The van der Waals surface area contributed by atoms with E-state index < -0.39 is 12.8 Å². The quantitative estimate of drug-likeness (QED) is 0.655. The molecule has 0 aromatic carbocycles. The number of hydrogen-bond acceptors (Lipinski definition) is 3. The lowest BCUT2D eigenvalue weighted by Gasteiger charge is -2.23. The highest BCUT2D eigenvalue weighted by atomic mass is 19.1. The molecular weight excluding hydrogens is 171 g/mol. The van der Waals surface area contributed by atoms with E-state index in [2.05, 4.69) is 11.8 Å². The Bertz CT molecular complexity index is 168. The van der Waals surface area contributed by atoms with Crippen LogP contribution in [0.1, 0.15) is 13.3 Å². The number of aliphatic hydroxyl groups excluding tert-OH is 1. The first-order valence-corrected chi connectivity index (χ1v) is 4.76. The Labute approximate surface area is 78.7 Å². The second-order valence-electron chi connectivity index (χ2n) is 4.31. The Hall–Kier alpha value is -0.190. The Kier molecular flexibility index (Phi) is 3.64. The number of halogens is 1. The zero-order valence-corrected chi connectivity index (χ0v) is 8.17. The molecule has 1 aliphatic heterocycles. The molecule has 2 unspecified atom stereocenters. The number of β-amino-alcohol motifs (C(OH)–C–C–N with tert-alkyl or cyclic N) is 1. The van der Waals surface area contributed by atoms with Gasteiger partial charge < -0.3 is 15.7 Å². The Balaban J connectivity index is 2.33. The van der Waals surface area contributed by atoms with E-state index in [9.17, 15) is 4.39 Å².